The minimum atomic E-state index is 0.518. The highest BCUT2D eigenvalue weighted by Gasteiger charge is 2.39. The monoisotopic (exact) mass is 272 g/mol. The third-order valence-corrected chi connectivity index (χ3v) is 5.22. The summed E-state index contributed by atoms with van der Waals surface area (Å²) in [5.41, 5.74) is 3.08. The molecule has 1 aliphatic carbocycles. The molecule has 4 unspecified atom stereocenters. The van der Waals surface area contributed by atoms with Crippen molar-refractivity contribution in [3.8, 4) is 0 Å². The van der Waals surface area contributed by atoms with E-state index in [9.17, 15) is 0 Å². The Morgan fingerprint density at radius 2 is 2.00 bits per heavy atom. The van der Waals surface area contributed by atoms with Gasteiger partial charge >= 0.3 is 0 Å². The fourth-order valence-electron chi connectivity index (χ4n) is 4.13. The topological polar surface area (TPSA) is 15.3 Å². The predicted molar refractivity (Wildman–Crippen MR) is 84.9 cm³/mol. The van der Waals surface area contributed by atoms with E-state index >= 15 is 0 Å². The average molecular weight is 272 g/mol. The van der Waals surface area contributed by atoms with Crippen LogP contribution in [0.5, 0.6) is 0 Å². The van der Waals surface area contributed by atoms with Crippen molar-refractivity contribution in [1.29, 1.82) is 0 Å². The van der Waals surface area contributed by atoms with Crippen LogP contribution in [0.4, 0.5) is 0 Å². The highest BCUT2D eigenvalue weighted by Crippen LogP contribution is 2.37. The highest BCUT2D eigenvalue weighted by atomic mass is 15.2. The van der Waals surface area contributed by atoms with Crippen LogP contribution in [0, 0.1) is 5.92 Å². The molecule has 1 aromatic carbocycles. The Labute approximate surface area is 123 Å². The molecule has 3 rings (SSSR count). The van der Waals surface area contributed by atoms with E-state index in [0.29, 0.717) is 12.1 Å². The van der Waals surface area contributed by atoms with Gasteiger partial charge in [-0.3, -0.25) is 4.90 Å². The lowest BCUT2D eigenvalue weighted by Crippen LogP contribution is -2.51. The minimum absolute atomic E-state index is 0.518. The molecule has 110 valence electrons. The third-order valence-electron chi connectivity index (χ3n) is 5.22. The first-order valence-corrected chi connectivity index (χ1v) is 8.27. The van der Waals surface area contributed by atoms with Crippen molar-refractivity contribution in [2.45, 2.75) is 58.2 Å². The second-order valence-corrected chi connectivity index (χ2v) is 6.73. The van der Waals surface area contributed by atoms with E-state index in [1.54, 1.807) is 5.56 Å². The highest BCUT2D eigenvalue weighted by molar-refractivity contribution is 5.37. The number of nitrogens with one attached hydrogen (secondary N) is 1. The van der Waals surface area contributed by atoms with Gasteiger partial charge in [-0.15, -0.1) is 0 Å². The number of likely N-dealkylation sites (tertiary alicyclic amines) is 1. The number of nitrogens with zero attached hydrogens (tertiary/aromatic N) is 1. The number of piperidine rings is 1. The number of hydrogen-bond acceptors (Lipinski definition) is 2. The summed E-state index contributed by atoms with van der Waals surface area (Å²) in [6.45, 7) is 9.36. The molecular weight excluding hydrogens is 244 g/mol. The van der Waals surface area contributed by atoms with Crippen LogP contribution < -0.4 is 5.32 Å². The van der Waals surface area contributed by atoms with Crippen molar-refractivity contribution in [2.75, 3.05) is 13.1 Å². The quantitative estimate of drug-likeness (QED) is 0.907. The first-order valence-electron chi connectivity index (χ1n) is 8.27. The second-order valence-electron chi connectivity index (χ2n) is 6.73. The molecule has 0 aromatic heterocycles. The average Bonchev–Trinajstić information content (AvgIpc) is 2.81. The van der Waals surface area contributed by atoms with Crippen LogP contribution in [0.3, 0.4) is 0 Å². The molecule has 1 aromatic rings. The predicted octanol–water partition coefficient (Wildman–Crippen LogP) is 3.38. The smallest absolute Gasteiger partial charge is 0.0484 e. The van der Waals surface area contributed by atoms with Crippen LogP contribution in [0.1, 0.15) is 50.8 Å². The van der Waals surface area contributed by atoms with Crippen LogP contribution in [-0.4, -0.2) is 30.1 Å². The van der Waals surface area contributed by atoms with Crippen LogP contribution in [-0.2, 0) is 6.42 Å². The van der Waals surface area contributed by atoms with Gasteiger partial charge in [-0.1, -0.05) is 38.1 Å². The number of benzene rings is 1. The molecule has 0 spiro atoms. The van der Waals surface area contributed by atoms with E-state index in [1.807, 2.05) is 0 Å². The summed E-state index contributed by atoms with van der Waals surface area (Å²) >= 11 is 0. The lowest BCUT2D eigenvalue weighted by molar-refractivity contribution is 0.0631. The first kappa shape index (κ1) is 14.1. The van der Waals surface area contributed by atoms with Crippen LogP contribution in [0.2, 0.25) is 0 Å². The summed E-state index contributed by atoms with van der Waals surface area (Å²) in [4.78, 5) is 2.78. The summed E-state index contributed by atoms with van der Waals surface area (Å²) in [5.74, 6) is 0.845. The first-order chi connectivity index (χ1) is 9.70. The molecule has 0 radical (unpaired) electrons. The fourth-order valence-corrected chi connectivity index (χ4v) is 4.13. The number of likely N-dealkylation sites (N-methyl/N-ethyl adjacent to an activating group) is 1. The van der Waals surface area contributed by atoms with Crippen LogP contribution in [0.15, 0.2) is 24.3 Å². The molecule has 1 N–H and O–H groups in total. The van der Waals surface area contributed by atoms with Gasteiger partial charge < -0.3 is 5.32 Å². The van der Waals surface area contributed by atoms with Crippen molar-refractivity contribution in [2.24, 2.45) is 5.92 Å². The van der Waals surface area contributed by atoms with Crippen molar-refractivity contribution in [1.82, 2.24) is 10.2 Å². The molecule has 4 atom stereocenters. The maximum Gasteiger partial charge on any atom is 0.0484 e. The van der Waals surface area contributed by atoms with E-state index in [0.717, 1.165) is 18.5 Å². The Hall–Kier alpha value is -0.860. The Kier molecular flexibility index (Phi) is 4.13. The van der Waals surface area contributed by atoms with E-state index in [4.69, 9.17) is 0 Å². The normalized spacial score (nSPS) is 34.1. The molecule has 1 heterocycles. The maximum atomic E-state index is 3.74. The standard InChI is InChI=1S/C18H28N2/c1-4-19-18-16-8-6-5-7-15(16)11-17(18)20-12-13(2)9-10-14(20)3/h5-8,13-14,17-19H,4,9-12H2,1-3H3. The van der Waals surface area contributed by atoms with Gasteiger partial charge in [-0.25, -0.2) is 0 Å². The zero-order valence-corrected chi connectivity index (χ0v) is 13.1. The largest absolute Gasteiger partial charge is 0.309 e. The van der Waals surface area contributed by atoms with Gasteiger partial charge in [0.1, 0.15) is 0 Å². The lowest BCUT2D eigenvalue weighted by Gasteiger charge is -2.43. The van der Waals surface area contributed by atoms with Gasteiger partial charge in [0.05, 0.1) is 0 Å². The molecule has 2 aliphatic rings. The van der Waals surface area contributed by atoms with Gasteiger partial charge in [-0.05, 0) is 49.8 Å². The summed E-state index contributed by atoms with van der Waals surface area (Å²) in [5, 5.41) is 3.74. The van der Waals surface area contributed by atoms with E-state index in [2.05, 4.69) is 55.3 Å². The third kappa shape index (κ3) is 2.51. The Bertz CT molecular complexity index is 456. The van der Waals surface area contributed by atoms with Crippen molar-refractivity contribution >= 4 is 0 Å². The van der Waals surface area contributed by atoms with Gasteiger partial charge in [0.25, 0.3) is 0 Å². The Balaban J connectivity index is 1.86. The molecule has 2 heteroatoms. The molecule has 0 saturated carbocycles. The van der Waals surface area contributed by atoms with Gasteiger partial charge in [0.15, 0.2) is 0 Å². The Morgan fingerprint density at radius 3 is 2.80 bits per heavy atom. The second kappa shape index (κ2) is 5.87. The Morgan fingerprint density at radius 1 is 1.20 bits per heavy atom. The van der Waals surface area contributed by atoms with Crippen molar-refractivity contribution in [3.05, 3.63) is 35.4 Å². The zero-order valence-electron chi connectivity index (χ0n) is 13.1. The lowest BCUT2D eigenvalue weighted by atomic mass is 9.92. The summed E-state index contributed by atoms with van der Waals surface area (Å²) in [7, 11) is 0. The van der Waals surface area contributed by atoms with E-state index < -0.39 is 0 Å². The van der Waals surface area contributed by atoms with Gasteiger partial charge in [0, 0.05) is 24.7 Å². The molecule has 0 bridgehead atoms. The molecule has 20 heavy (non-hydrogen) atoms. The molecular formula is C18H28N2. The van der Waals surface area contributed by atoms with Gasteiger partial charge in [0.2, 0.25) is 0 Å². The fraction of sp³-hybridized carbons (Fsp3) is 0.667. The molecule has 1 saturated heterocycles. The molecule has 1 aliphatic heterocycles. The number of fused-ring (bicyclic) bond motifs is 1. The zero-order chi connectivity index (χ0) is 14.1. The molecule has 0 amide bonds. The van der Waals surface area contributed by atoms with Crippen molar-refractivity contribution < 1.29 is 0 Å². The van der Waals surface area contributed by atoms with Crippen LogP contribution in [0.25, 0.3) is 0 Å². The van der Waals surface area contributed by atoms with Crippen LogP contribution >= 0.6 is 0 Å². The molecule has 2 nitrogen and oxygen atoms in total. The summed E-state index contributed by atoms with van der Waals surface area (Å²) in [6.07, 6.45) is 3.96. The number of hydrogen-bond donors (Lipinski definition) is 1. The van der Waals surface area contributed by atoms with E-state index in [-0.39, 0.29) is 0 Å². The molecule has 1 fully saturated rings. The minimum Gasteiger partial charge on any atom is -0.309 e. The van der Waals surface area contributed by atoms with Crippen molar-refractivity contribution in [3.63, 3.8) is 0 Å². The number of rotatable bonds is 3. The SMILES string of the molecule is CCNC1c2ccccc2CC1N1CC(C)CCC1C. The maximum absolute atomic E-state index is 3.74. The summed E-state index contributed by atoms with van der Waals surface area (Å²) < 4.78 is 0. The summed E-state index contributed by atoms with van der Waals surface area (Å²) in [6, 6.07) is 10.9. The van der Waals surface area contributed by atoms with E-state index in [1.165, 1.54) is 31.4 Å². The van der Waals surface area contributed by atoms with Gasteiger partial charge in [-0.2, -0.15) is 0 Å².